The first-order valence-corrected chi connectivity index (χ1v) is 7.08. The largest absolute Gasteiger partial charge is 0.370 e. The fourth-order valence-electron chi connectivity index (χ4n) is 2.49. The van der Waals surface area contributed by atoms with Crippen LogP contribution in [-0.2, 0) is 9.59 Å². The zero-order chi connectivity index (χ0) is 16.2. The molecule has 3 amide bonds. The molecule has 116 valence electrons. The fraction of sp³-hybridized carbons (Fsp3) is 0.312. The molecule has 2 rings (SSSR count). The minimum absolute atomic E-state index is 0.159. The van der Waals surface area contributed by atoms with Gasteiger partial charge >= 0.3 is 0 Å². The van der Waals surface area contributed by atoms with Gasteiger partial charge in [-0.15, -0.1) is 0 Å². The van der Waals surface area contributed by atoms with Crippen LogP contribution in [-0.4, -0.2) is 23.3 Å². The number of carbonyl (C=O) groups excluding carboxylic acids is 3. The molecule has 0 bridgehead atoms. The third-order valence-electron chi connectivity index (χ3n) is 3.80. The van der Waals surface area contributed by atoms with Gasteiger partial charge in [-0.3, -0.25) is 14.4 Å². The van der Waals surface area contributed by atoms with Crippen LogP contribution in [0.3, 0.4) is 0 Å². The Morgan fingerprint density at radius 1 is 1.23 bits per heavy atom. The monoisotopic (exact) mass is 301 g/mol. The summed E-state index contributed by atoms with van der Waals surface area (Å²) in [5.74, 6) is -0.975. The lowest BCUT2D eigenvalue weighted by Crippen LogP contribution is -2.55. The molecule has 1 aromatic carbocycles. The van der Waals surface area contributed by atoms with Crippen LogP contribution >= 0.6 is 0 Å². The van der Waals surface area contributed by atoms with E-state index in [4.69, 9.17) is 5.73 Å². The number of hydrogen-bond acceptors (Lipinski definition) is 3. The highest BCUT2D eigenvalue weighted by Crippen LogP contribution is 2.35. The van der Waals surface area contributed by atoms with Crippen molar-refractivity contribution in [3.63, 3.8) is 0 Å². The lowest BCUT2D eigenvalue weighted by molar-refractivity contribution is -0.120. The molecule has 0 atom stereocenters. The third-order valence-corrected chi connectivity index (χ3v) is 3.80. The van der Waals surface area contributed by atoms with Gasteiger partial charge in [0.2, 0.25) is 11.8 Å². The number of carbonyl (C=O) groups is 3. The smallest absolute Gasteiger partial charge is 0.251 e. The van der Waals surface area contributed by atoms with Crippen LogP contribution < -0.4 is 16.4 Å². The van der Waals surface area contributed by atoms with Crippen LogP contribution in [0.15, 0.2) is 36.9 Å². The molecule has 1 fully saturated rings. The number of anilines is 1. The SMILES string of the molecule is C=CC(=O)Nc1ccc(C(=O)NC2(CC(N)=O)CCC2)cc1. The highest BCUT2D eigenvalue weighted by molar-refractivity contribution is 6.00. The molecule has 0 radical (unpaired) electrons. The van der Waals surface area contributed by atoms with Gasteiger partial charge in [-0.25, -0.2) is 0 Å². The van der Waals surface area contributed by atoms with Crippen LogP contribution in [0.5, 0.6) is 0 Å². The molecule has 0 aliphatic heterocycles. The number of amides is 3. The predicted octanol–water partition coefficient (Wildman–Crippen LogP) is 1.34. The topological polar surface area (TPSA) is 101 Å². The number of hydrogen-bond donors (Lipinski definition) is 3. The summed E-state index contributed by atoms with van der Waals surface area (Å²) in [6.45, 7) is 3.37. The van der Waals surface area contributed by atoms with Crippen molar-refractivity contribution in [1.29, 1.82) is 0 Å². The Balaban J connectivity index is 2.02. The molecule has 1 saturated carbocycles. The van der Waals surface area contributed by atoms with Crippen molar-refractivity contribution in [2.24, 2.45) is 5.73 Å². The molecule has 0 saturated heterocycles. The van der Waals surface area contributed by atoms with E-state index in [1.807, 2.05) is 0 Å². The molecule has 0 aromatic heterocycles. The van der Waals surface area contributed by atoms with Crippen molar-refractivity contribution in [2.75, 3.05) is 5.32 Å². The maximum atomic E-state index is 12.3. The standard InChI is InChI=1S/C16H19N3O3/c1-2-14(21)18-12-6-4-11(5-7-12)15(22)19-16(8-3-9-16)10-13(17)20/h2,4-7H,1,3,8-10H2,(H2,17,20)(H,18,21)(H,19,22). The summed E-state index contributed by atoms with van der Waals surface area (Å²) in [7, 11) is 0. The molecule has 6 heteroatoms. The maximum Gasteiger partial charge on any atom is 0.251 e. The van der Waals surface area contributed by atoms with E-state index in [-0.39, 0.29) is 18.2 Å². The molecule has 6 nitrogen and oxygen atoms in total. The van der Waals surface area contributed by atoms with E-state index in [1.54, 1.807) is 24.3 Å². The summed E-state index contributed by atoms with van der Waals surface area (Å²) in [4.78, 5) is 34.6. The Morgan fingerprint density at radius 3 is 2.32 bits per heavy atom. The van der Waals surface area contributed by atoms with Gasteiger partial charge in [-0.1, -0.05) is 6.58 Å². The van der Waals surface area contributed by atoms with Gasteiger partial charge in [0.1, 0.15) is 0 Å². The number of rotatable bonds is 6. The van der Waals surface area contributed by atoms with Gasteiger partial charge < -0.3 is 16.4 Å². The van der Waals surface area contributed by atoms with Gasteiger partial charge in [0, 0.05) is 23.2 Å². The van der Waals surface area contributed by atoms with Crippen molar-refractivity contribution in [3.05, 3.63) is 42.5 Å². The molecular formula is C16H19N3O3. The Bertz CT molecular complexity index is 604. The molecule has 1 aliphatic carbocycles. The van der Waals surface area contributed by atoms with Crippen LogP contribution in [0, 0.1) is 0 Å². The normalized spacial score (nSPS) is 15.3. The predicted molar refractivity (Wildman–Crippen MR) is 83.1 cm³/mol. The van der Waals surface area contributed by atoms with Crippen molar-refractivity contribution in [2.45, 2.75) is 31.2 Å². The first-order chi connectivity index (χ1) is 10.4. The number of nitrogens with one attached hydrogen (secondary N) is 2. The van der Waals surface area contributed by atoms with Crippen molar-refractivity contribution in [3.8, 4) is 0 Å². The van der Waals surface area contributed by atoms with Gasteiger partial charge in [-0.2, -0.15) is 0 Å². The zero-order valence-electron chi connectivity index (χ0n) is 12.2. The first kappa shape index (κ1) is 15.8. The lowest BCUT2D eigenvalue weighted by Gasteiger charge is -2.41. The molecule has 1 aromatic rings. The van der Waals surface area contributed by atoms with E-state index in [0.717, 1.165) is 19.3 Å². The quantitative estimate of drug-likeness (QED) is 0.691. The van der Waals surface area contributed by atoms with Gasteiger partial charge in [0.25, 0.3) is 5.91 Å². The zero-order valence-corrected chi connectivity index (χ0v) is 12.2. The van der Waals surface area contributed by atoms with Crippen molar-refractivity contribution < 1.29 is 14.4 Å². The summed E-state index contributed by atoms with van der Waals surface area (Å²) in [5.41, 5.74) is 5.79. The Labute approximate surface area is 128 Å². The second-order valence-corrected chi connectivity index (χ2v) is 5.50. The van der Waals surface area contributed by atoms with Gasteiger partial charge in [0.15, 0.2) is 0 Å². The molecule has 0 spiro atoms. The summed E-state index contributed by atoms with van der Waals surface area (Å²) in [6.07, 6.45) is 3.82. The van der Waals surface area contributed by atoms with E-state index in [2.05, 4.69) is 17.2 Å². The fourth-order valence-corrected chi connectivity index (χ4v) is 2.49. The minimum Gasteiger partial charge on any atom is -0.370 e. The minimum atomic E-state index is -0.501. The first-order valence-electron chi connectivity index (χ1n) is 7.08. The number of primary amides is 1. The summed E-state index contributed by atoms with van der Waals surface area (Å²) >= 11 is 0. The van der Waals surface area contributed by atoms with Crippen LogP contribution in [0.25, 0.3) is 0 Å². The Kier molecular flexibility index (Phi) is 4.60. The Hall–Kier alpha value is -2.63. The van der Waals surface area contributed by atoms with Gasteiger partial charge in [0.05, 0.1) is 0 Å². The maximum absolute atomic E-state index is 12.3. The van der Waals surface area contributed by atoms with E-state index in [0.29, 0.717) is 11.3 Å². The molecule has 0 unspecified atom stereocenters. The summed E-state index contributed by atoms with van der Waals surface area (Å²) < 4.78 is 0. The summed E-state index contributed by atoms with van der Waals surface area (Å²) in [5, 5.41) is 5.51. The average molecular weight is 301 g/mol. The average Bonchev–Trinajstić information content (AvgIpc) is 2.45. The van der Waals surface area contributed by atoms with E-state index < -0.39 is 11.4 Å². The molecular weight excluding hydrogens is 282 g/mol. The highest BCUT2D eigenvalue weighted by Gasteiger charge is 2.39. The van der Waals surface area contributed by atoms with E-state index in [9.17, 15) is 14.4 Å². The molecule has 4 N–H and O–H groups in total. The number of nitrogens with two attached hydrogens (primary N) is 1. The van der Waals surface area contributed by atoms with Crippen LogP contribution in [0.4, 0.5) is 5.69 Å². The second-order valence-electron chi connectivity index (χ2n) is 5.50. The summed E-state index contributed by atoms with van der Waals surface area (Å²) in [6, 6.07) is 6.50. The number of benzene rings is 1. The van der Waals surface area contributed by atoms with Crippen LogP contribution in [0.1, 0.15) is 36.0 Å². The van der Waals surface area contributed by atoms with Crippen molar-refractivity contribution >= 4 is 23.4 Å². The van der Waals surface area contributed by atoms with E-state index >= 15 is 0 Å². The van der Waals surface area contributed by atoms with Crippen LogP contribution in [0.2, 0.25) is 0 Å². The lowest BCUT2D eigenvalue weighted by atomic mass is 9.74. The second kappa shape index (κ2) is 6.43. The van der Waals surface area contributed by atoms with Crippen molar-refractivity contribution in [1.82, 2.24) is 5.32 Å². The molecule has 1 aliphatic rings. The Morgan fingerprint density at radius 2 is 1.86 bits per heavy atom. The highest BCUT2D eigenvalue weighted by atomic mass is 16.2. The van der Waals surface area contributed by atoms with E-state index in [1.165, 1.54) is 6.08 Å². The van der Waals surface area contributed by atoms with Gasteiger partial charge in [-0.05, 0) is 49.6 Å². The molecule has 22 heavy (non-hydrogen) atoms. The molecule has 0 heterocycles. The third kappa shape index (κ3) is 3.72.